The van der Waals surface area contributed by atoms with Crippen LogP contribution < -0.4 is 0 Å². The summed E-state index contributed by atoms with van der Waals surface area (Å²) in [4.78, 5) is 0. The van der Waals surface area contributed by atoms with E-state index in [0.29, 0.717) is 0 Å². The van der Waals surface area contributed by atoms with Gasteiger partial charge in [-0.2, -0.15) is 0 Å². The van der Waals surface area contributed by atoms with Crippen molar-refractivity contribution >= 4 is 37.2 Å². The lowest BCUT2D eigenvalue weighted by Crippen LogP contribution is -1.92. The van der Waals surface area contributed by atoms with E-state index in [2.05, 4.69) is 69.3 Å². The largest absolute Gasteiger partial charge is 0.0683 e. The molecular weight excluding hydrogens is 434 g/mol. The molecule has 0 radical (unpaired) electrons. The van der Waals surface area contributed by atoms with Crippen LogP contribution in [0.4, 0.5) is 0 Å². The topological polar surface area (TPSA) is 0 Å². The molecule has 1 unspecified atom stereocenters. The number of benzene rings is 1. The predicted octanol–water partition coefficient (Wildman–Crippen LogP) is 6.62. The second kappa shape index (κ2) is 10.6. The molecule has 0 bridgehead atoms. The first-order valence-electron chi connectivity index (χ1n) is 6.55. The molecule has 0 aliphatic heterocycles. The number of rotatable bonds is 2. The molecular formula is C15H24I2. The Balaban J connectivity index is 0.000000581. The van der Waals surface area contributed by atoms with Crippen molar-refractivity contribution in [3.63, 3.8) is 0 Å². The van der Waals surface area contributed by atoms with Crippen LogP contribution >= 0.6 is 37.2 Å². The van der Waals surface area contributed by atoms with Crippen LogP contribution in [0.3, 0.4) is 0 Å². The molecule has 0 spiro atoms. The van der Waals surface area contributed by atoms with E-state index in [9.17, 15) is 0 Å². The highest BCUT2D eigenvalue weighted by molar-refractivity contribution is 15.0. The van der Waals surface area contributed by atoms with Crippen molar-refractivity contribution in [2.24, 2.45) is 0 Å². The Labute approximate surface area is 130 Å². The summed E-state index contributed by atoms with van der Waals surface area (Å²) in [5.41, 5.74) is 4.78. The Kier molecular flexibility index (Phi) is 11.0. The van der Waals surface area contributed by atoms with Crippen molar-refractivity contribution < 1.29 is 0 Å². The highest BCUT2D eigenvalue weighted by Crippen LogP contribution is 2.37. The summed E-state index contributed by atoms with van der Waals surface area (Å²) in [5, 5.41) is 0. The summed E-state index contributed by atoms with van der Waals surface area (Å²) in [5.74, 6) is 0.861. The van der Waals surface area contributed by atoms with Gasteiger partial charge in [0.2, 0.25) is 0 Å². The quantitative estimate of drug-likeness (QED) is 0.437. The summed E-state index contributed by atoms with van der Waals surface area (Å²) in [7, 11) is 0. The molecule has 0 fully saturated rings. The fraction of sp³-hybridized carbons (Fsp3) is 0.600. The Bertz CT molecular complexity index is 308. The Morgan fingerprint density at radius 2 is 1.88 bits per heavy atom. The van der Waals surface area contributed by atoms with Crippen LogP contribution in [0, 0.1) is 6.92 Å². The maximum absolute atomic E-state index is 2.33. The van der Waals surface area contributed by atoms with E-state index in [1.165, 1.54) is 31.2 Å². The van der Waals surface area contributed by atoms with Crippen molar-refractivity contribution in [3.8, 4) is 0 Å². The minimum Gasteiger partial charge on any atom is -0.0683 e. The first-order chi connectivity index (χ1) is 8.33. The van der Waals surface area contributed by atoms with Gasteiger partial charge >= 0.3 is 0 Å². The third-order valence-corrected chi connectivity index (χ3v) is 3.27. The van der Waals surface area contributed by atoms with Gasteiger partial charge in [0, 0.05) is 37.2 Å². The maximum atomic E-state index is 2.33. The van der Waals surface area contributed by atoms with Crippen molar-refractivity contribution in [3.05, 3.63) is 34.9 Å². The normalized spacial score (nSPS) is 16.2. The Morgan fingerprint density at radius 3 is 2.47 bits per heavy atom. The van der Waals surface area contributed by atoms with E-state index >= 15 is 0 Å². The number of hydrogen-bond acceptors (Lipinski definition) is 0. The van der Waals surface area contributed by atoms with Gasteiger partial charge in [-0.25, -0.2) is 0 Å². The predicted molar refractivity (Wildman–Crippen MR) is 96.5 cm³/mol. The third-order valence-electron chi connectivity index (χ3n) is 3.27. The first-order valence-corrected chi connectivity index (χ1v) is 12.8. The van der Waals surface area contributed by atoms with Crippen LogP contribution in [-0.4, -0.2) is 0 Å². The van der Waals surface area contributed by atoms with Gasteiger partial charge in [0.05, 0.1) is 0 Å². The van der Waals surface area contributed by atoms with Crippen molar-refractivity contribution in [1.29, 1.82) is 0 Å². The Hall–Kier alpha value is 0.680. The Morgan fingerprint density at radius 1 is 1.24 bits per heavy atom. The molecule has 2 rings (SSSR count). The van der Waals surface area contributed by atoms with Gasteiger partial charge in [-0.3, -0.25) is 0 Å². The third kappa shape index (κ3) is 5.05. The lowest BCUT2D eigenvalue weighted by molar-refractivity contribution is 0.608. The number of aryl methyl sites for hydroxylation is 1. The first kappa shape index (κ1) is 17.7. The monoisotopic (exact) mass is 458 g/mol. The van der Waals surface area contributed by atoms with Crippen molar-refractivity contribution in [1.82, 2.24) is 0 Å². The van der Waals surface area contributed by atoms with E-state index in [-0.39, 0.29) is 0 Å². The summed E-state index contributed by atoms with van der Waals surface area (Å²) < 4.78 is 0. The van der Waals surface area contributed by atoms with E-state index in [1.807, 2.05) is 13.8 Å². The molecule has 0 saturated carbocycles. The van der Waals surface area contributed by atoms with Crippen LogP contribution in [0.5, 0.6) is 0 Å². The molecule has 1 atom stereocenters. The van der Waals surface area contributed by atoms with Crippen LogP contribution in [-0.2, 0) is 6.42 Å². The van der Waals surface area contributed by atoms with Gasteiger partial charge in [0.15, 0.2) is 0 Å². The zero-order chi connectivity index (χ0) is 13.3. The SMILES string of the molecule is CC.CCCC1CCc2c(C)cccc21.II. The molecule has 1 aliphatic carbocycles. The average Bonchev–Trinajstić information content (AvgIpc) is 2.80. The number of fused-ring (bicyclic) bond motifs is 1. The smallest absolute Gasteiger partial charge is 0 e. The molecule has 0 nitrogen and oxygen atoms in total. The molecule has 1 aliphatic rings. The molecule has 0 saturated heterocycles. The summed E-state index contributed by atoms with van der Waals surface area (Å²) in [6.45, 7) is 8.53. The molecule has 98 valence electrons. The van der Waals surface area contributed by atoms with Gasteiger partial charge in [0.1, 0.15) is 0 Å². The average molecular weight is 458 g/mol. The minimum absolute atomic E-state index is 0.861. The summed E-state index contributed by atoms with van der Waals surface area (Å²) in [6, 6.07) is 6.78. The molecule has 1 aromatic carbocycles. The lowest BCUT2D eigenvalue weighted by Gasteiger charge is -2.10. The standard InChI is InChI=1S/C13H18.C2H6.I2/c1-3-5-11-8-9-12-10(2)6-4-7-13(11)12;2*1-2/h4,6-7,11H,3,5,8-9H2,1-2H3;1-2H3;. The molecule has 0 N–H and O–H groups in total. The molecule has 2 heteroatoms. The van der Waals surface area contributed by atoms with Gasteiger partial charge in [0.25, 0.3) is 0 Å². The van der Waals surface area contributed by atoms with Gasteiger partial charge < -0.3 is 0 Å². The number of halogens is 2. The van der Waals surface area contributed by atoms with Gasteiger partial charge in [-0.15, -0.1) is 0 Å². The van der Waals surface area contributed by atoms with E-state index < -0.39 is 0 Å². The van der Waals surface area contributed by atoms with Gasteiger partial charge in [-0.05, 0) is 48.8 Å². The maximum Gasteiger partial charge on any atom is 0 e. The van der Waals surface area contributed by atoms with Crippen molar-refractivity contribution in [2.45, 2.75) is 59.3 Å². The van der Waals surface area contributed by atoms with Gasteiger partial charge in [-0.1, -0.05) is 45.4 Å². The highest BCUT2D eigenvalue weighted by Gasteiger charge is 2.21. The zero-order valence-electron chi connectivity index (χ0n) is 11.4. The van der Waals surface area contributed by atoms with Crippen molar-refractivity contribution in [2.75, 3.05) is 0 Å². The van der Waals surface area contributed by atoms with Crippen LogP contribution in [0.1, 0.15) is 62.6 Å². The lowest BCUT2D eigenvalue weighted by atomic mass is 9.95. The van der Waals surface area contributed by atoms with Crippen LogP contribution in [0.25, 0.3) is 0 Å². The summed E-state index contributed by atoms with van der Waals surface area (Å²) >= 11 is 4.24. The van der Waals surface area contributed by atoms with Crippen LogP contribution in [0.2, 0.25) is 0 Å². The molecule has 1 aromatic rings. The second-order valence-corrected chi connectivity index (χ2v) is 4.17. The van der Waals surface area contributed by atoms with E-state index in [0.717, 1.165) is 5.92 Å². The molecule has 17 heavy (non-hydrogen) atoms. The fourth-order valence-corrected chi connectivity index (χ4v) is 2.57. The van der Waals surface area contributed by atoms with E-state index in [4.69, 9.17) is 0 Å². The second-order valence-electron chi connectivity index (χ2n) is 4.17. The molecule has 0 aromatic heterocycles. The molecule has 0 heterocycles. The number of hydrogen-bond donors (Lipinski definition) is 0. The molecule has 0 amide bonds. The van der Waals surface area contributed by atoms with Crippen LogP contribution in [0.15, 0.2) is 18.2 Å². The minimum atomic E-state index is 0.861. The fourth-order valence-electron chi connectivity index (χ4n) is 2.57. The highest BCUT2D eigenvalue weighted by atomic mass is 128. The summed E-state index contributed by atoms with van der Waals surface area (Å²) in [6.07, 6.45) is 5.38. The zero-order valence-corrected chi connectivity index (χ0v) is 15.7. The van der Waals surface area contributed by atoms with E-state index in [1.54, 1.807) is 11.1 Å².